The average molecular weight is 392 g/mol. The van der Waals surface area contributed by atoms with Gasteiger partial charge in [0.05, 0.1) is 11.9 Å². The second-order valence-electron chi connectivity index (χ2n) is 6.71. The van der Waals surface area contributed by atoms with Crippen LogP contribution in [0.5, 0.6) is 0 Å². The molecule has 29 heavy (non-hydrogen) atoms. The molecule has 0 atom stereocenters. The molecule has 4 rings (SSSR count). The van der Waals surface area contributed by atoms with Crippen LogP contribution in [-0.4, -0.2) is 51.9 Å². The zero-order valence-corrected chi connectivity index (χ0v) is 15.8. The Morgan fingerprint density at radius 3 is 2.41 bits per heavy atom. The Bertz CT molecular complexity index is 958. The standard InChI is InChI=1S/C21H21FN6O/c22-18-5-2-1-4-16(18)14-25-17-6-7-19(26-15-17)20(29)27-10-12-28(13-11-27)21-23-8-3-9-24-21/h1-9,15,25H,10-14H2. The molecule has 3 heterocycles. The highest BCUT2D eigenvalue weighted by atomic mass is 19.1. The number of amides is 1. The zero-order valence-electron chi connectivity index (χ0n) is 15.8. The van der Waals surface area contributed by atoms with Crippen molar-refractivity contribution >= 4 is 17.5 Å². The predicted octanol–water partition coefficient (Wildman–Crippen LogP) is 2.59. The van der Waals surface area contributed by atoms with Crippen molar-refractivity contribution in [3.05, 3.63) is 78.1 Å². The Kier molecular flexibility index (Phi) is 5.60. The van der Waals surface area contributed by atoms with Crippen molar-refractivity contribution in [3.8, 4) is 0 Å². The van der Waals surface area contributed by atoms with Crippen LogP contribution in [0.25, 0.3) is 0 Å². The normalized spacial score (nSPS) is 14.0. The topological polar surface area (TPSA) is 74.2 Å². The molecule has 0 spiro atoms. The molecule has 3 aromatic rings. The first-order chi connectivity index (χ1) is 14.2. The van der Waals surface area contributed by atoms with E-state index in [9.17, 15) is 9.18 Å². The first kappa shape index (κ1) is 18.8. The molecular weight excluding hydrogens is 371 g/mol. The maximum Gasteiger partial charge on any atom is 0.272 e. The Morgan fingerprint density at radius 2 is 1.72 bits per heavy atom. The van der Waals surface area contributed by atoms with E-state index < -0.39 is 0 Å². The van der Waals surface area contributed by atoms with Crippen LogP contribution in [0.2, 0.25) is 0 Å². The van der Waals surface area contributed by atoms with Gasteiger partial charge < -0.3 is 15.1 Å². The summed E-state index contributed by atoms with van der Waals surface area (Å²) >= 11 is 0. The number of hydrogen-bond acceptors (Lipinski definition) is 6. The number of piperazine rings is 1. The lowest BCUT2D eigenvalue weighted by molar-refractivity contribution is 0.0740. The largest absolute Gasteiger partial charge is 0.380 e. The monoisotopic (exact) mass is 392 g/mol. The Labute approximate surface area is 168 Å². The molecule has 0 unspecified atom stereocenters. The minimum Gasteiger partial charge on any atom is -0.380 e. The highest BCUT2D eigenvalue weighted by molar-refractivity contribution is 5.92. The van der Waals surface area contributed by atoms with Gasteiger partial charge in [-0.2, -0.15) is 0 Å². The van der Waals surface area contributed by atoms with Gasteiger partial charge in [-0.15, -0.1) is 0 Å². The number of rotatable bonds is 5. The van der Waals surface area contributed by atoms with Gasteiger partial charge in [0.25, 0.3) is 5.91 Å². The summed E-state index contributed by atoms with van der Waals surface area (Å²) in [6.07, 6.45) is 5.03. The fourth-order valence-corrected chi connectivity index (χ4v) is 3.19. The quantitative estimate of drug-likeness (QED) is 0.720. The number of anilines is 2. The van der Waals surface area contributed by atoms with E-state index in [4.69, 9.17) is 0 Å². The van der Waals surface area contributed by atoms with Gasteiger partial charge in [-0.05, 0) is 24.3 Å². The molecular formula is C21H21FN6O. The highest BCUT2D eigenvalue weighted by Gasteiger charge is 2.24. The molecule has 0 radical (unpaired) electrons. The summed E-state index contributed by atoms with van der Waals surface area (Å²) in [6, 6.07) is 11.9. The van der Waals surface area contributed by atoms with Gasteiger partial charge in [-0.3, -0.25) is 4.79 Å². The van der Waals surface area contributed by atoms with Crippen LogP contribution in [0.4, 0.5) is 16.0 Å². The Morgan fingerprint density at radius 1 is 0.966 bits per heavy atom. The number of nitrogens with zero attached hydrogens (tertiary/aromatic N) is 5. The smallest absolute Gasteiger partial charge is 0.272 e. The molecule has 0 aliphatic carbocycles. The fraction of sp³-hybridized carbons (Fsp3) is 0.238. The Balaban J connectivity index is 1.32. The van der Waals surface area contributed by atoms with E-state index in [1.54, 1.807) is 59.9 Å². The number of hydrogen-bond donors (Lipinski definition) is 1. The first-order valence-electron chi connectivity index (χ1n) is 9.45. The van der Waals surface area contributed by atoms with Crippen molar-refractivity contribution in [2.24, 2.45) is 0 Å². The summed E-state index contributed by atoms with van der Waals surface area (Å²) in [6.45, 7) is 2.89. The molecule has 148 valence electrons. The van der Waals surface area contributed by atoms with Crippen LogP contribution >= 0.6 is 0 Å². The zero-order chi connectivity index (χ0) is 20.1. The molecule has 8 heteroatoms. The number of pyridine rings is 1. The average Bonchev–Trinajstić information content (AvgIpc) is 2.79. The summed E-state index contributed by atoms with van der Waals surface area (Å²) < 4.78 is 13.7. The lowest BCUT2D eigenvalue weighted by atomic mass is 10.2. The maximum atomic E-state index is 13.7. The van der Waals surface area contributed by atoms with E-state index in [0.29, 0.717) is 49.9 Å². The lowest BCUT2D eigenvalue weighted by Gasteiger charge is -2.34. The number of aromatic nitrogens is 3. The van der Waals surface area contributed by atoms with Crippen molar-refractivity contribution in [2.75, 3.05) is 36.4 Å². The summed E-state index contributed by atoms with van der Waals surface area (Å²) in [5.41, 5.74) is 1.70. The lowest BCUT2D eigenvalue weighted by Crippen LogP contribution is -2.49. The third kappa shape index (κ3) is 4.48. The van der Waals surface area contributed by atoms with E-state index in [0.717, 1.165) is 5.69 Å². The van der Waals surface area contributed by atoms with Crippen LogP contribution in [-0.2, 0) is 6.54 Å². The van der Waals surface area contributed by atoms with Gasteiger partial charge in [-0.25, -0.2) is 19.3 Å². The minimum atomic E-state index is -0.250. The van der Waals surface area contributed by atoms with E-state index in [2.05, 4.69) is 25.2 Å². The fourth-order valence-electron chi connectivity index (χ4n) is 3.19. The summed E-state index contributed by atoms with van der Waals surface area (Å²) in [5.74, 6) is 0.335. The number of carbonyl (C=O) groups is 1. The second-order valence-corrected chi connectivity index (χ2v) is 6.71. The van der Waals surface area contributed by atoms with E-state index in [1.165, 1.54) is 6.07 Å². The molecule has 7 nitrogen and oxygen atoms in total. The van der Waals surface area contributed by atoms with Gasteiger partial charge in [0, 0.05) is 50.7 Å². The van der Waals surface area contributed by atoms with E-state index in [-0.39, 0.29) is 11.7 Å². The second kappa shape index (κ2) is 8.64. The number of carbonyl (C=O) groups excluding carboxylic acids is 1. The van der Waals surface area contributed by atoms with Crippen LogP contribution in [0.3, 0.4) is 0 Å². The van der Waals surface area contributed by atoms with Crippen LogP contribution in [0.15, 0.2) is 61.1 Å². The molecule has 0 saturated carbocycles. The van der Waals surface area contributed by atoms with E-state index in [1.807, 2.05) is 0 Å². The van der Waals surface area contributed by atoms with E-state index >= 15 is 0 Å². The molecule has 0 bridgehead atoms. The van der Waals surface area contributed by atoms with Crippen molar-refractivity contribution in [2.45, 2.75) is 6.54 Å². The first-order valence-corrected chi connectivity index (χ1v) is 9.45. The molecule has 1 N–H and O–H groups in total. The Hall–Kier alpha value is -3.55. The van der Waals surface area contributed by atoms with Crippen LogP contribution in [0.1, 0.15) is 16.1 Å². The molecule has 1 aromatic carbocycles. The van der Waals surface area contributed by atoms with Gasteiger partial charge in [-0.1, -0.05) is 18.2 Å². The van der Waals surface area contributed by atoms with Gasteiger partial charge >= 0.3 is 0 Å². The summed E-state index contributed by atoms with van der Waals surface area (Å²) in [5, 5.41) is 3.12. The number of halogens is 1. The highest BCUT2D eigenvalue weighted by Crippen LogP contribution is 2.14. The SMILES string of the molecule is O=C(c1ccc(NCc2ccccc2F)cn1)N1CCN(c2ncccn2)CC1. The predicted molar refractivity (Wildman–Crippen MR) is 108 cm³/mol. The van der Waals surface area contributed by atoms with Crippen molar-refractivity contribution in [3.63, 3.8) is 0 Å². The maximum absolute atomic E-state index is 13.7. The van der Waals surface area contributed by atoms with Crippen LogP contribution in [0, 0.1) is 5.82 Å². The van der Waals surface area contributed by atoms with Gasteiger partial charge in [0.1, 0.15) is 11.5 Å². The third-order valence-electron chi connectivity index (χ3n) is 4.83. The number of benzene rings is 1. The summed E-state index contributed by atoms with van der Waals surface area (Å²) in [7, 11) is 0. The third-order valence-corrected chi connectivity index (χ3v) is 4.83. The molecule has 1 aliphatic rings. The summed E-state index contributed by atoms with van der Waals surface area (Å²) in [4.78, 5) is 29.4. The molecule has 1 fully saturated rings. The molecule has 1 amide bonds. The molecule has 2 aromatic heterocycles. The van der Waals surface area contributed by atoms with Crippen LogP contribution < -0.4 is 10.2 Å². The van der Waals surface area contributed by atoms with Gasteiger partial charge in [0.2, 0.25) is 5.95 Å². The molecule has 1 aliphatic heterocycles. The minimum absolute atomic E-state index is 0.0979. The van der Waals surface area contributed by atoms with Crippen molar-refractivity contribution < 1.29 is 9.18 Å². The number of nitrogens with one attached hydrogen (secondary N) is 1. The van der Waals surface area contributed by atoms with Crippen molar-refractivity contribution in [1.82, 2.24) is 19.9 Å². The molecule has 1 saturated heterocycles. The van der Waals surface area contributed by atoms with Crippen molar-refractivity contribution in [1.29, 1.82) is 0 Å². The van der Waals surface area contributed by atoms with Gasteiger partial charge in [0.15, 0.2) is 0 Å².